The van der Waals surface area contributed by atoms with Gasteiger partial charge in [0.1, 0.15) is 11.3 Å². The number of hydrogen-bond donors (Lipinski definition) is 2. The van der Waals surface area contributed by atoms with E-state index >= 15 is 0 Å². The molecule has 2 aromatic rings. The number of benzene rings is 1. The summed E-state index contributed by atoms with van der Waals surface area (Å²) >= 11 is 0. The molecule has 0 saturated carbocycles. The van der Waals surface area contributed by atoms with Crippen LogP contribution in [0.15, 0.2) is 23.0 Å². The lowest BCUT2D eigenvalue weighted by Crippen LogP contribution is -2.43. The zero-order chi connectivity index (χ0) is 18.7. The van der Waals surface area contributed by atoms with E-state index in [1.807, 2.05) is 14.1 Å². The minimum atomic E-state index is -0.586. The minimum Gasteiger partial charge on any atom is -0.308 e. The number of carbonyl (C=O) groups is 1. The highest BCUT2D eigenvalue weighted by molar-refractivity contribution is 5.92. The number of aromatic nitrogens is 2. The number of nitrogens with one attached hydrogen (secondary N) is 2. The number of anilines is 1. The van der Waals surface area contributed by atoms with Crippen molar-refractivity contribution in [2.24, 2.45) is 5.92 Å². The van der Waals surface area contributed by atoms with E-state index in [4.69, 9.17) is 0 Å². The van der Waals surface area contributed by atoms with Crippen molar-refractivity contribution in [1.29, 1.82) is 0 Å². The fourth-order valence-corrected chi connectivity index (χ4v) is 3.22. The first kappa shape index (κ1) is 18.5. The second-order valence-corrected chi connectivity index (χ2v) is 6.98. The van der Waals surface area contributed by atoms with Crippen molar-refractivity contribution in [3.05, 3.63) is 34.4 Å². The maximum Gasteiger partial charge on any atom is 0.260 e. The van der Waals surface area contributed by atoms with Gasteiger partial charge in [0.25, 0.3) is 5.56 Å². The Morgan fingerprint density at radius 2 is 2.27 bits per heavy atom. The summed E-state index contributed by atoms with van der Waals surface area (Å²) in [6, 6.07) is 4.20. The maximum atomic E-state index is 13.9. The van der Waals surface area contributed by atoms with E-state index in [9.17, 15) is 14.0 Å². The summed E-state index contributed by atoms with van der Waals surface area (Å²) in [6.07, 6.45) is 1.73. The third-order valence-electron chi connectivity index (χ3n) is 4.67. The molecule has 1 atom stereocenters. The van der Waals surface area contributed by atoms with Crippen LogP contribution in [0.5, 0.6) is 0 Å². The van der Waals surface area contributed by atoms with Crippen molar-refractivity contribution in [1.82, 2.24) is 19.8 Å². The van der Waals surface area contributed by atoms with E-state index in [-0.39, 0.29) is 28.7 Å². The van der Waals surface area contributed by atoms with E-state index in [0.717, 1.165) is 32.5 Å². The number of carbonyl (C=O) groups excluding carboxylic acids is 1. The third-order valence-corrected chi connectivity index (χ3v) is 4.67. The lowest BCUT2D eigenvalue weighted by Gasteiger charge is -2.32. The molecule has 1 unspecified atom stereocenters. The van der Waals surface area contributed by atoms with Crippen molar-refractivity contribution >= 4 is 22.8 Å². The summed E-state index contributed by atoms with van der Waals surface area (Å²) in [7, 11) is 4.05. The van der Waals surface area contributed by atoms with Gasteiger partial charge in [0.05, 0.1) is 11.3 Å². The van der Waals surface area contributed by atoms with Crippen molar-refractivity contribution in [2.75, 3.05) is 45.6 Å². The molecule has 7 nitrogen and oxygen atoms in total. The molecule has 1 aromatic heterocycles. The molecule has 26 heavy (non-hydrogen) atoms. The lowest BCUT2D eigenvalue weighted by atomic mass is 9.97. The topological polar surface area (TPSA) is 81.3 Å². The quantitative estimate of drug-likeness (QED) is 0.838. The monoisotopic (exact) mass is 361 g/mol. The van der Waals surface area contributed by atoms with Gasteiger partial charge in [0.2, 0.25) is 11.9 Å². The summed E-state index contributed by atoms with van der Waals surface area (Å²) in [4.78, 5) is 35.6. The van der Waals surface area contributed by atoms with Crippen molar-refractivity contribution in [3.8, 4) is 0 Å². The fourth-order valence-electron chi connectivity index (χ4n) is 3.22. The van der Waals surface area contributed by atoms with Gasteiger partial charge in [0, 0.05) is 19.6 Å². The van der Waals surface area contributed by atoms with Crippen LogP contribution in [-0.2, 0) is 4.79 Å². The molecule has 140 valence electrons. The van der Waals surface area contributed by atoms with Gasteiger partial charge in [-0.25, -0.2) is 9.37 Å². The summed E-state index contributed by atoms with van der Waals surface area (Å²) in [6.45, 7) is 3.50. The molecular formula is C18H24FN5O2. The Labute approximate surface area is 151 Å². The lowest BCUT2D eigenvalue weighted by molar-refractivity contribution is -0.121. The van der Waals surface area contributed by atoms with Gasteiger partial charge in [-0.05, 0) is 45.6 Å². The number of H-pyrrole nitrogens is 1. The SMILES string of the molecule is CN(C)CCN1CCCC(C(=O)Nc2nc3c(F)cccc3c(=O)[nH]2)C1. The molecular weight excluding hydrogens is 337 g/mol. The van der Waals surface area contributed by atoms with Crippen LogP contribution in [0, 0.1) is 11.7 Å². The highest BCUT2D eigenvalue weighted by Gasteiger charge is 2.26. The summed E-state index contributed by atoms with van der Waals surface area (Å²) < 4.78 is 13.9. The van der Waals surface area contributed by atoms with Crippen LogP contribution in [-0.4, -0.2) is 65.9 Å². The van der Waals surface area contributed by atoms with E-state index in [0.29, 0.717) is 6.54 Å². The molecule has 1 fully saturated rings. The Hall–Kier alpha value is -2.32. The molecule has 8 heteroatoms. The number of piperidine rings is 1. The molecule has 1 amide bonds. The Morgan fingerprint density at radius 1 is 1.46 bits per heavy atom. The van der Waals surface area contributed by atoms with Crippen LogP contribution in [0.4, 0.5) is 10.3 Å². The average molecular weight is 361 g/mol. The van der Waals surface area contributed by atoms with Crippen LogP contribution in [0.3, 0.4) is 0 Å². The van der Waals surface area contributed by atoms with Gasteiger partial charge < -0.3 is 9.80 Å². The van der Waals surface area contributed by atoms with Gasteiger partial charge >= 0.3 is 0 Å². The number of amides is 1. The number of nitrogens with zero attached hydrogens (tertiary/aromatic N) is 3. The number of halogens is 1. The van der Waals surface area contributed by atoms with E-state index < -0.39 is 11.4 Å². The first-order valence-corrected chi connectivity index (χ1v) is 8.80. The molecule has 1 aliphatic heterocycles. The second-order valence-electron chi connectivity index (χ2n) is 6.98. The van der Waals surface area contributed by atoms with Crippen LogP contribution in [0.25, 0.3) is 10.9 Å². The predicted molar refractivity (Wildman–Crippen MR) is 98.7 cm³/mol. The number of aromatic amines is 1. The van der Waals surface area contributed by atoms with Crippen molar-refractivity contribution < 1.29 is 9.18 Å². The van der Waals surface area contributed by atoms with E-state index in [1.54, 1.807) is 0 Å². The van der Waals surface area contributed by atoms with Crippen LogP contribution in [0.1, 0.15) is 12.8 Å². The number of likely N-dealkylation sites (N-methyl/N-ethyl adjacent to an activating group) is 1. The zero-order valence-electron chi connectivity index (χ0n) is 15.1. The minimum absolute atomic E-state index is 0.0111. The average Bonchev–Trinajstić information content (AvgIpc) is 2.61. The molecule has 2 N–H and O–H groups in total. The molecule has 1 aliphatic rings. The largest absolute Gasteiger partial charge is 0.308 e. The smallest absolute Gasteiger partial charge is 0.260 e. The Morgan fingerprint density at radius 3 is 3.04 bits per heavy atom. The van der Waals surface area contributed by atoms with Gasteiger partial charge in [0.15, 0.2) is 0 Å². The third kappa shape index (κ3) is 4.25. The number of fused-ring (bicyclic) bond motifs is 1. The normalized spacial score (nSPS) is 18.4. The first-order valence-electron chi connectivity index (χ1n) is 8.80. The fraction of sp³-hybridized carbons (Fsp3) is 0.500. The number of rotatable bonds is 5. The predicted octanol–water partition coefficient (Wildman–Crippen LogP) is 1.27. The molecule has 1 aromatic carbocycles. The van der Waals surface area contributed by atoms with Gasteiger partial charge in [-0.2, -0.15) is 0 Å². The molecule has 0 radical (unpaired) electrons. The highest BCUT2D eigenvalue weighted by atomic mass is 19.1. The summed E-state index contributed by atoms with van der Waals surface area (Å²) in [5.41, 5.74) is -0.510. The number of hydrogen-bond acceptors (Lipinski definition) is 5. The summed E-state index contributed by atoms with van der Waals surface area (Å²) in [5, 5.41) is 2.81. The van der Waals surface area contributed by atoms with Crippen molar-refractivity contribution in [3.63, 3.8) is 0 Å². The van der Waals surface area contributed by atoms with E-state index in [2.05, 4.69) is 25.1 Å². The molecule has 0 spiro atoms. The second kappa shape index (κ2) is 7.92. The molecule has 3 rings (SSSR count). The van der Waals surface area contributed by atoms with Crippen molar-refractivity contribution in [2.45, 2.75) is 12.8 Å². The standard InChI is InChI=1S/C18H24FN5O2/c1-23(2)9-10-24-8-4-5-12(11-24)16(25)21-18-20-15-13(17(26)22-18)6-3-7-14(15)19/h3,6-7,12H,4-5,8-11H2,1-2H3,(H2,20,21,22,25,26). The number of para-hydroxylation sites is 1. The first-order chi connectivity index (χ1) is 12.4. The number of likely N-dealkylation sites (tertiary alicyclic amines) is 1. The maximum absolute atomic E-state index is 13.9. The van der Waals surface area contributed by atoms with Crippen LogP contribution in [0.2, 0.25) is 0 Å². The Bertz CT molecular complexity index is 851. The highest BCUT2D eigenvalue weighted by Crippen LogP contribution is 2.18. The van der Waals surface area contributed by atoms with Gasteiger partial charge in [-0.15, -0.1) is 0 Å². The molecule has 1 saturated heterocycles. The Kier molecular flexibility index (Phi) is 5.63. The van der Waals surface area contributed by atoms with Gasteiger partial charge in [-0.1, -0.05) is 6.07 Å². The Balaban J connectivity index is 1.70. The van der Waals surface area contributed by atoms with Crippen LogP contribution >= 0.6 is 0 Å². The molecule has 0 aliphatic carbocycles. The summed E-state index contributed by atoms with van der Waals surface area (Å²) in [5.74, 6) is -0.967. The molecule has 2 heterocycles. The van der Waals surface area contributed by atoms with Crippen LogP contribution < -0.4 is 10.9 Å². The van der Waals surface area contributed by atoms with E-state index in [1.165, 1.54) is 18.2 Å². The van der Waals surface area contributed by atoms with Gasteiger partial charge in [-0.3, -0.25) is 19.9 Å². The molecule has 0 bridgehead atoms. The zero-order valence-corrected chi connectivity index (χ0v) is 15.1.